The number of phenols is 1. The van der Waals surface area contributed by atoms with E-state index in [4.69, 9.17) is 5.73 Å². The van der Waals surface area contributed by atoms with Crippen LogP contribution in [0.1, 0.15) is 5.56 Å². The summed E-state index contributed by atoms with van der Waals surface area (Å²) in [4.78, 5) is 10.4. The number of nitrogen functional groups attached to an aromatic ring is 1. The predicted molar refractivity (Wildman–Crippen MR) is 92.0 cm³/mol. The number of azo groups is 1. The summed E-state index contributed by atoms with van der Waals surface area (Å²) < 4.78 is 0. The smallest absolute Gasteiger partial charge is 0.294 e. The highest BCUT2D eigenvalue weighted by molar-refractivity contribution is 5.95. The third-order valence-electron chi connectivity index (χ3n) is 3.60. The molecule has 0 fully saturated rings. The van der Waals surface area contributed by atoms with Crippen LogP contribution in [-0.4, -0.2) is 10.0 Å². The average Bonchev–Trinajstić information content (AvgIpc) is 2.55. The van der Waals surface area contributed by atoms with Gasteiger partial charge in [0, 0.05) is 11.5 Å². The minimum atomic E-state index is -0.576. The van der Waals surface area contributed by atoms with Gasteiger partial charge in [-0.2, -0.15) is 5.11 Å². The summed E-state index contributed by atoms with van der Waals surface area (Å²) in [6.07, 6.45) is 0. The van der Waals surface area contributed by atoms with Crippen LogP contribution in [0.15, 0.2) is 58.8 Å². The highest BCUT2D eigenvalue weighted by Gasteiger charge is 2.12. The molecular weight excluding hydrogens is 308 g/mol. The van der Waals surface area contributed by atoms with E-state index in [0.717, 1.165) is 16.3 Å². The number of nitrogens with two attached hydrogens (primary N) is 1. The predicted octanol–water partition coefficient (Wildman–Crippen LogP) is 4.76. The fraction of sp³-hybridized carbons (Fsp3) is 0.0588. The molecule has 0 atom stereocenters. The standard InChI is InChI=1S/C17H14N4O3/c1-10-2-3-11-4-7-16(22)17(13(11)8-10)20-19-12-5-6-14(18)15(9-12)21(23)24/h2-9,22H,18H2,1H3. The van der Waals surface area contributed by atoms with Crippen LogP contribution >= 0.6 is 0 Å². The number of anilines is 1. The number of phenolic OH excluding ortho intramolecular Hbond substituents is 1. The Morgan fingerprint density at radius 3 is 2.58 bits per heavy atom. The second-order valence-electron chi connectivity index (χ2n) is 5.36. The monoisotopic (exact) mass is 322 g/mol. The molecule has 7 nitrogen and oxygen atoms in total. The number of aromatic hydroxyl groups is 1. The first-order valence-electron chi connectivity index (χ1n) is 7.14. The third kappa shape index (κ3) is 2.87. The Morgan fingerprint density at radius 2 is 1.83 bits per heavy atom. The molecule has 0 aromatic heterocycles. The lowest BCUT2D eigenvalue weighted by Gasteiger charge is -2.05. The molecule has 0 spiro atoms. The van der Waals surface area contributed by atoms with E-state index in [9.17, 15) is 15.2 Å². The van der Waals surface area contributed by atoms with Gasteiger partial charge in [-0.05, 0) is 36.6 Å². The summed E-state index contributed by atoms with van der Waals surface area (Å²) in [5.74, 6) is -0.0122. The van der Waals surface area contributed by atoms with E-state index < -0.39 is 4.92 Å². The number of nitro groups is 1. The molecule has 0 radical (unpaired) electrons. The van der Waals surface area contributed by atoms with Crippen molar-refractivity contribution in [3.05, 3.63) is 64.2 Å². The lowest BCUT2D eigenvalue weighted by atomic mass is 10.1. The SMILES string of the molecule is Cc1ccc2ccc(O)c(N=Nc3ccc(N)c([N+](=O)[O-])c3)c2c1. The van der Waals surface area contributed by atoms with Gasteiger partial charge in [-0.1, -0.05) is 23.8 Å². The fourth-order valence-electron chi connectivity index (χ4n) is 2.37. The van der Waals surface area contributed by atoms with Gasteiger partial charge in [-0.3, -0.25) is 10.1 Å². The topological polar surface area (TPSA) is 114 Å². The first-order valence-corrected chi connectivity index (χ1v) is 7.14. The molecule has 0 aliphatic rings. The Bertz CT molecular complexity index is 978. The van der Waals surface area contributed by atoms with Crippen LogP contribution in [0.25, 0.3) is 10.8 Å². The van der Waals surface area contributed by atoms with E-state index in [1.165, 1.54) is 24.3 Å². The first-order chi connectivity index (χ1) is 11.5. The zero-order valence-electron chi connectivity index (χ0n) is 12.8. The van der Waals surface area contributed by atoms with E-state index >= 15 is 0 Å². The molecular formula is C17H14N4O3. The molecule has 3 N–H and O–H groups in total. The third-order valence-corrected chi connectivity index (χ3v) is 3.60. The van der Waals surface area contributed by atoms with E-state index in [-0.39, 0.29) is 22.8 Å². The molecule has 3 rings (SSSR count). The molecule has 24 heavy (non-hydrogen) atoms. The molecule has 0 bridgehead atoms. The number of aryl methyl sites for hydroxylation is 1. The highest BCUT2D eigenvalue weighted by Crippen LogP contribution is 2.37. The van der Waals surface area contributed by atoms with Gasteiger partial charge in [-0.25, -0.2) is 0 Å². The number of hydrogen-bond donors (Lipinski definition) is 2. The molecule has 0 heterocycles. The second-order valence-corrected chi connectivity index (χ2v) is 5.36. The van der Waals surface area contributed by atoms with Crippen molar-refractivity contribution in [2.45, 2.75) is 6.92 Å². The molecule has 3 aromatic rings. The largest absolute Gasteiger partial charge is 0.506 e. The molecule has 3 aromatic carbocycles. The summed E-state index contributed by atoms with van der Waals surface area (Å²) >= 11 is 0. The molecule has 7 heteroatoms. The minimum absolute atomic E-state index is 0.0122. The minimum Gasteiger partial charge on any atom is -0.506 e. The maximum atomic E-state index is 10.9. The zero-order chi connectivity index (χ0) is 17.3. The van der Waals surface area contributed by atoms with Crippen molar-refractivity contribution < 1.29 is 10.0 Å². The van der Waals surface area contributed by atoms with Crippen molar-refractivity contribution in [2.75, 3.05) is 5.73 Å². The number of nitrogens with zero attached hydrogens (tertiary/aromatic N) is 3. The van der Waals surface area contributed by atoms with Crippen LogP contribution in [0.2, 0.25) is 0 Å². The van der Waals surface area contributed by atoms with Crippen molar-refractivity contribution in [1.82, 2.24) is 0 Å². The number of benzene rings is 3. The second kappa shape index (κ2) is 5.96. The lowest BCUT2D eigenvalue weighted by Crippen LogP contribution is -1.94. The Morgan fingerprint density at radius 1 is 1.08 bits per heavy atom. The maximum absolute atomic E-state index is 10.9. The molecule has 0 aliphatic heterocycles. The van der Waals surface area contributed by atoms with Crippen LogP contribution in [-0.2, 0) is 0 Å². The van der Waals surface area contributed by atoms with E-state index in [2.05, 4.69) is 10.2 Å². The molecule has 0 saturated heterocycles. The van der Waals surface area contributed by atoms with E-state index in [0.29, 0.717) is 5.69 Å². The van der Waals surface area contributed by atoms with Gasteiger partial charge < -0.3 is 10.8 Å². The summed E-state index contributed by atoms with van der Waals surface area (Å²) in [7, 11) is 0. The normalized spacial score (nSPS) is 11.2. The van der Waals surface area contributed by atoms with Crippen molar-refractivity contribution in [3.8, 4) is 5.75 Å². The van der Waals surface area contributed by atoms with Crippen LogP contribution in [0.3, 0.4) is 0 Å². The van der Waals surface area contributed by atoms with Crippen LogP contribution in [0.5, 0.6) is 5.75 Å². The quantitative estimate of drug-likeness (QED) is 0.313. The first kappa shape index (κ1) is 15.4. The van der Waals surface area contributed by atoms with Crippen molar-refractivity contribution in [1.29, 1.82) is 0 Å². The molecule has 0 unspecified atom stereocenters. The summed E-state index contributed by atoms with van der Waals surface area (Å²) in [6, 6.07) is 13.3. The highest BCUT2D eigenvalue weighted by atomic mass is 16.6. The molecule has 120 valence electrons. The van der Waals surface area contributed by atoms with Crippen LogP contribution in [0, 0.1) is 17.0 Å². The van der Waals surface area contributed by atoms with Gasteiger partial charge in [0.1, 0.15) is 17.1 Å². The number of nitro benzene ring substituents is 1. The van der Waals surface area contributed by atoms with Gasteiger partial charge in [-0.15, -0.1) is 5.11 Å². The van der Waals surface area contributed by atoms with Gasteiger partial charge in [0.2, 0.25) is 0 Å². The number of rotatable bonds is 3. The molecule has 0 saturated carbocycles. The van der Waals surface area contributed by atoms with Crippen LogP contribution < -0.4 is 5.73 Å². The summed E-state index contributed by atoms with van der Waals surface area (Å²) in [6.45, 7) is 1.94. The maximum Gasteiger partial charge on any atom is 0.294 e. The Labute approximate surface area is 137 Å². The van der Waals surface area contributed by atoms with Gasteiger partial charge >= 0.3 is 0 Å². The van der Waals surface area contributed by atoms with Gasteiger partial charge in [0.15, 0.2) is 0 Å². The Kier molecular flexibility index (Phi) is 3.83. The number of fused-ring (bicyclic) bond motifs is 1. The molecule has 0 aliphatic carbocycles. The zero-order valence-corrected chi connectivity index (χ0v) is 12.8. The van der Waals surface area contributed by atoms with Crippen molar-refractivity contribution >= 4 is 33.5 Å². The average molecular weight is 322 g/mol. The summed E-state index contributed by atoms with van der Waals surface area (Å²) in [5, 5.41) is 30.8. The number of hydrogen-bond acceptors (Lipinski definition) is 6. The fourth-order valence-corrected chi connectivity index (χ4v) is 2.37. The Hall–Kier alpha value is -3.48. The van der Waals surface area contributed by atoms with Crippen LogP contribution in [0.4, 0.5) is 22.7 Å². The lowest BCUT2D eigenvalue weighted by molar-refractivity contribution is -0.383. The van der Waals surface area contributed by atoms with Crippen molar-refractivity contribution in [3.63, 3.8) is 0 Å². The van der Waals surface area contributed by atoms with Gasteiger partial charge in [0.25, 0.3) is 5.69 Å². The molecule has 0 amide bonds. The van der Waals surface area contributed by atoms with E-state index in [1.807, 2.05) is 25.1 Å². The van der Waals surface area contributed by atoms with Crippen molar-refractivity contribution in [2.24, 2.45) is 10.2 Å². The van der Waals surface area contributed by atoms with E-state index in [1.54, 1.807) is 6.07 Å². The summed E-state index contributed by atoms with van der Waals surface area (Å²) in [5.41, 5.74) is 7.00. The Balaban J connectivity index is 2.08. The van der Waals surface area contributed by atoms with Gasteiger partial charge in [0.05, 0.1) is 10.6 Å².